The van der Waals surface area contributed by atoms with Gasteiger partial charge in [-0.1, -0.05) is 72.8 Å². The molecule has 0 fully saturated rings. The van der Waals surface area contributed by atoms with Crippen LogP contribution < -0.4 is 0 Å². The number of aromatic amines is 5. The lowest BCUT2D eigenvalue weighted by molar-refractivity contribution is 0.627. The Morgan fingerprint density at radius 1 is 0.347 bits per heavy atom. The maximum Gasteiger partial charge on any atom is 0.162 e. The lowest BCUT2D eigenvalue weighted by Gasteiger charge is -2.03. The summed E-state index contributed by atoms with van der Waals surface area (Å²) in [4.78, 5) is 32.1. The number of nitrogens with zero attached hydrogens (tertiary/aromatic N) is 11. The number of aromatic nitrogens is 16. The zero-order valence-corrected chi connectivity index (χ0v) is 53.1. The largest absolute Gasteiger partial charge is 0.345 e. The molecule has 0 saturated heterocycles. The molecule has 0 bridgehead atoms. The highest BCUT2D eigenvalue weighted by atomic mass is 19.2. The third kappa shape index (κ3) is 15.8. The first-order valence-corrected chi connectivity index (χ1v) is 30.9. The van der Waals surface area contributed by atoms with E-state index < -0.39 is 23.3 Å². The van der Waals surface area contributed by atoms with Gasteiger partial charge in [0.05, 0.1) is 56.0 Å². The number of imidazole rings is 1. The molecule has 101 heavy (non-hydrogen) atoms. The summed E-state index contributed by atoms with van der Waals surface area (Å²) in [6, 6.07) is 40.4. The third-order valence-corrected chi connectivity index (χ3v) is 15.5. The van der Waals surface area contributed by atoms with Crippen molar-refractivity contribution in [1.82, 2.24) is 80.7 Å². The second-order valence-corrected chi connectivity index (χ2v) is 22.6. The van der Waals surface area contributed by atoms with Crippen molar-refractivity contribution in [2.75, 3.05) is 0 Å². The van der Waals surface area contributed by atoms with Gasteiger partial charge in [0.1, 0.15) is 52.1 Å². The smallest absolute Gasteiger partial charge is 0.162 e. The molecule has 0 saturated carbocycles. The van der Waals surface area contributed by atoms with E-state index in [2.05, 4.69) is 80.7 Å². The number of aryl methyl sites for hydroxylation is 2. The summed E-state index contributed by atoms with van der Waals surface area (Å²) >= 11 is 0. The SMILES string of the molecule is Cc1ccnc(-c2cc3c(/C=C/c4ccc(F)cc4)n[nH]c3cc2F)n1.Cc1cnc(-c2cc3c(/C=C/c4ccc(F)cc4)n[nH]c3cc2F)nc1.Fc1ccc(/C=C/c2[nH]nc3c(F)cc(-c4ncc[nH]4)cc23)cc1.Fc1ccc(/C=C/c2n[nH]c3cc(F)c(-c4ncccn4)cc23)cc1. The molecule has 0 aliphatic rings. The van der Waals surface area contributed by atoms with Gasteiger partial charge >= 0.3 is 0 Å². The van der Waals surface area contributed by atoms with Crippen molar-refractivity contribution >= 4 is 92.2 Å². The predicted octanol–water partition coefficient (Wildman–Crippen LogP) is 18.4. The maximum absolute atomic E-state index is 14.5. The lowest BCUT2D eigenvalue weighted by Crippen LogP contribution is -1.93. The molecular formula is C77H52F8N16. The van der Waals surface area contributed by atoms with Crippen molar-refractivity contribution < 1.29 is 35.1 Å². The molecule has 0 spiro atoms. The molecule has 0 unspecified atom stereocenters. The Balaban J connectivity index is 0.000000120. The highest BCUT2D eigenvalue weighted by Crippen LogP contribution is 2.32. The zero-order valence-electron chi connectivity index (χ0n) is 53.1. The summed E-state index contributed by atoms with van der Waals surface area (Å²) < 4.78 is 109. The minimum atomic E-state index is -0.420. The van der Waals surface area contributed by atoms with Crippen molar-refractivity contribution in [1.29, 1.82) is 0 Å². The molecular weight excluding hydrogens is 1300 g/mol. The fraction of sp³-hybridized carbons (Fsp3) is 0.0260. The Morgan fingerprint density at radius 3 is 1.19 bits per heavy atom. The molecule has 8 aromatic heterocycles. The summed E-state index contributed by atoms with van der Waals surface area (Å²) in [5.41, 5.74) is 11.2. The average Bonchev–Trinajstić information content (AvgIpc) is 1.72. The van der Waals surface area contributed by atoms with Gasteiger partial charge in [-0.2, -0.15) is 20.4 Å². The number of hydrogen-bond acceptors (Lipinski definition) is 11. The number of hydrogen-bond donors (Lipinski definition) is 5. The number of fused-ring (bicyclic) bond motifs is 4. The number of halogens is 8. The lowest BCUT2D eigenvalue weighted by atomic mass is 10.1. The van der Waals surface area contributed by atoms with Crippen LogP contribution in [0.15, 0.2) is 201 Å². The van der Waals surface area contributed by atoms with Gasteiger partial charge in [-0.15, -0.1) is 0 Å². The first kappa shape index (κ1) is 66.1. The van der Waals surface area contributed by atoms with Gasteiger partial charge < -0.3 is 4.98 Å². The Morgan fingerprint density at radius 2 is 0.762 bits per heavy atom. The minimum absolute atomic E-state index is 0.268. The first-order valence-electron chi connectivity index (χ1n) is 30.9. The van der Waals surface area contributed by atoms with Crippen LogP contribution in [0.25, 0.3) is 138 Å². The maximum atomic E-state index is 14.5. The summed E-state index contributed by atoms with van der Waals surface area (Å²) in [6.45, 7) is 3.70. The number of rotatable bonds is 12. The number of H-pyrrole nitrogens is 5. The van der Waals surface area contributed by atoms with Gasteiger partial charge in [-0.05, 0) is 157 Å². The topological polar surface area (TPSA) is 221 Å². The van der Waals surface area contributed by atoms with Crippen molar-refractivity contribution in [2.45, 2.75) is 13.8 Å². The van der Waals surface area contributed by atoms with E-state index >= 15 is 0 Å². The van der Waals surface area contributed by atoms with Crippen LogP contribution >= 0.6 is 0 Å². The van der Waals surface area contributed by atoms with E-state index in [0.717, 1.165) is 49.7 Å². The zero-order chi connectivity index (χ0) is 69.9. The van der Waals surface area contributed by atoms with E-state index in [1.54, 1.807) is 147 Å². The van der Waals surface area contributed by atoms with Gasteiger partial charge in [-0.3, -0.25) is 20.4 Å². The van der Waals surface area contributed by atoms with E-state index in [1.807, 2.05) is 44.2 Å². The van der Waals surface area contributed by atoms with E-state index in [9.17, 15) is 35.1 Å². The minimum Gasteiger partial charge on any atom is -0.345 e. The Bertz CT molecular complexity index is 5690. The summed E-state index contributed by atoms with van der Waals surface area (Å²) in [5.74, 6) is -1.26. The average molecular weight is 1350 g/mol. The molecule has 0 radical (unpaired) electrons. The normalized spacial score (nSPS) is 11.5. The fourth-order valence-corrected chi connectivity index (χ4v) is 10.4. The number of nitrogens with one attached hydrogen (secondary N) is 5. The molecule has 16 rings (SSSR count). The first-order chi connectivity index (χ1) is 49.1. The molecule has 24 heteroatoms. The second-order valence-electron chi connectivity index (χ2n) is 22.6. The molecule has 16 aromatic rings. The molecule has 0 atom stereocenters. The highest BCUT2D eigenvalue weighted by molar-refractivity contribution is 5.96. The van der Waals surface area contributed by atoms with Crippen molar-refractivity contribution in [3.8, 4) is 45.6 Å². The molecule has 8 heterocycles. The standard InChI is InChI=1S/2C20H14F2N4.C19H12F2N4.C18H12F2N4/c1-12-10-23-20(24-11-12)15-8-16-18(25-26-19(16)9-17(15)22)7-4-13-2-5-14(21)6-3-13;1-12-8-9-23-20(24-12)15-10-16-18(25-26-19(16)11-17(15)22)7-4-13-2-5-14(21)6-3-13;20-13-5-2-12(3-6-13)4-7-17-15-10-14(19-22-8-1-9-23-19)16(21)11-18(15)25-24-17;19-13-4-1-11(2-5-13)3-6-16-14-9-12(18-21-7-8-22-18)10-15(20)17(14)24-23-16/h2*2-11H,1H3,(H,25,26);1-11H,(H,24,25);1-10H,(H,21,22)(H,23,24)/b3*7-4+;6-3+. The van der Waals surface area contributed by atoms with E-state index in [4.69, 9.17) is 0 Å². The van der Waals surface area contributed by atoms with Gasteiger partial charge in [0, 0.05) is 94.4 Å². The molecule has 16 nitrogen and oxygen atoms in total. The Hall–Kier alpha value is -13.5. The van der Waals surface area contributed by atoms with E-state index in [0.29, 0.717) is 90.3 Å². The number of benzene rings is 8. The van der Waals surface area contributed by atoms with Crippen molar-refractivity contribution in [3.05, 3.63) is 304 Å². The van der Waals surface area contributed by atoms with E-state index in [1.165, 1.54) is 72.8 Å². The van der Waals surface area contributed by atoms with Crippen LogP contribution in [0.4, 0.5) is 35.1 Å². The van der Waals surface area contributed by atoms with Crippen LogP contribution in [0.3, 0.4) is 0 Å². The van der Waals surface area contributed by atoms with Gasteiger partial charge in [0.15, 0.2) is 23.3 Å². The summed E-state index contributed by atoms with van der Waals surface area (Å²) in [6.07, 6.45) is 25.8. The fourth-order valence-electron chi connectivity index (χ4n) is 10.4. The van der Waals surface area contributed by atoms with Crippen LogP contribution in [-0.4, -0.2) is 80.7 Å². The van der Waals surface area contributed by atoms with Crippen LogP contribution in [0.2, 0.25) is 0 Å². The molecule has 0 aliphatic heterocycles. The van der Waals surface area contributed by atoms with Crippen LogP contribution in [0.5, 0.6) is 0 Å². The summed E-state index contributed by atoms with van der Waals surface area (Å²) in [5, 5.41) is 30.9. The van der Waals surface area contributed by atoms with Crippen molar-refractivity contribution in [3.63, 3.8) is 0 Å². The molecule has 5 N–H and O–H groups in total. The van der Waals surface area contributed by atoms with Crippen molar-refractivity contribution in [2.24, 2.45) is 0 Å². The van der Waals surface area contributed by atoms with Gasteiger partial charge in [-0.25, -0.2) is 70.0 Å². The second kappa shape index (κ2) is 29.9. The monoisotopic (exact) mass is 1350 g/mol. The summed E-state index contributed by atoms with van der Waals surface area (Å²) in [7, 11) is 0. The highest BCUT2D eigenvalue weighted by Gasteiger charge is 2.18. The molecule has 496 valence electrons. The molecule has 8 aromatic carbocycles. The van der Waals surface area contributed by atoms with Gasteiger partial charge in [0.25, 0.3) is 0 Å². The van der Waals surface area contributed by atoms with Crippen LogP contribution in [0, 0.1) is 60.4 Å². The molecule has 0 aliphatic carbocycles. The van der Waals surface area contributed by atoms with Gasteiger partial charge in [0.2, 0.25) is 0 Å². The van der Waals surface area contributed by atoms with Crippen LogP contribution in [-0.2, 0) is 0 Å². The van der Waals surface area contributed by atoms with E-state index in [-0.39, 0.29) is 28.8 Å². The Kier molecular flexibility index (Phi) is 19.5. The molecule has 0 amide bonds. The quantitative estimate of drug-likeness (QED) is 0.0724. The Labute approximate surface area is 568 Å². The van der Waals surface area contributed by atoms with Crippen LogP contribution in [0.1, 0.15) is 56.3 Å². The third-order valence-electron chi connectivity index (χ3n) is 15.5. The predicted molar refractivity (Wildman–Crippen MR) is 376 cm³/mol.